The first-order valence-electron chi connectivity index (χ1n) is 2.68. The summed E-state index contributed by atoms with van der Waals surface area (Å²) in [6.45, 7) is 0. The lowest BCUT2D eigenvalue weighted by Gasteiger charge is -2.29. The van der Waals surface area contributed by atoms with E-state index in [0.29, 0.717) is 0 Å². The summed E-state index contributed by atoms with van der Waals surface area (Å²) in [7, 11) is 7.20. The summed E-state index contributed by atoms with van der Waals surface area (Å²) in [5, 5.41) is 4.82. The van der Waals surface area contributed by atoms with Gasteiger partial charge in [0.2, 0.25) is 6.41 Å². The van der Waals surface area contributed by atoms with Crippen LogP contribution < -0.4 is 0 Å². The highest BCUT2D eigenvalue weighted by atomic mass is 16.2. The van der Waals surface area contributed by atoms with Gasteiger partial charge in [-0.15, -0.1) is 0 Å². The molecule has 0 aromatic carbocycles. The largest absolute Gasteiger partial charge is 0.276 e. The van der Waals surface area contributed by atoms with Gasteiger partial charge in [-0.2, -0.15) is 0 Å². The highest BCUT2D eigenvalue weighted by Gasteiger charge is 2.03. The molecule has 9 heavy (non-hydrogen) atoms. The van der Waals surface area contributed by atoms with Crippen molar-refractivity contribution in [1.29, 1.82) is 0 Å². The Bertz CT molecular complexity index is 84.2. The normalized spacial score (nSPS) is 10.4. The summed E-state index contributed by atoms with van der Waals surface area (Å²) >= 11 is 0. The second-order valence-electron chi connectivity index (χ2n) is 2.12. The minimum Gasteiger partial charge on any atom is -0.276 e. The van der Waals surface area contributed by atoms with Gasteiger partial charge < -0.3 is 0 Å². The van der Waals surface area contributed by atoms with E-state index in [2.05, 4.69) is 0 Å². The lowest BCUT2D eigenvalue weighted by Crippen LogP contribution is -2.45. The van der Waals surface area contributed by atoms with Crippen molar-refractivity contribution in [3.05, 3.63) is 0 Å². The van der Waals surface area contributed by atoms with Crippen LogP contribution in [0.1, 0.15) is 0 Å². The Hall–Kier alpha value is -0.610. The molecule has 0 N–H and O–H groups in total. The number of hydrogen-bond donors (Lipinski definition) is 0. The van der Waals surface area contributed by atoms with Crippen molar-refractivity contribution in [2.75, 3.05) is 28.2 Å². The molecule has 0 rings (SSSR count). The van der Waals surface area contributed by atoms with Crippen molar-refractivity contribution in [3.63, 3.8) is 0 Å². The Kier molecular flexibility index (Phi) is 3.19. The highest BCUT2D eigenvalue weighted by molar-refractivity contribution is 5.44. The predicted octanol–water partition coefficient (Wildman–Crippen LogP) is -0.602. The van der Waals surface area contributed by atoms with Gasteiger partial charge >= 0.3 is 0 Å². The van der Waals surface area contributed by atoms with Gasteiger partial charge in [-0.05, 0) is 0 Å². The van der Waals surface area contributed by atoms with Crippen LogP contribution in [0.5, 0.6) is 0 Å². The Labute approximate surface area is 55.6 Å². The molecule has 0 aromatic heterocycles. The van der Waals surface area contributed by atoms with Gasteiger partial charge in [-0.1, -0.05) is 0 Å². The molecule has 4 nitrogen and oxygen atoms in total. The first-order chi connectivity index (χ1) is 4.09. The zero-order valence-electron chi connectivity index (χ0n) is 6.33. The van der Waals surface area contributed by atoms with Gasteiger partial charge in [0.15, 0.2) is 0 Å². The van der Waals surface area contributed by atoms with E-state index in [0.717, 1.165) is 6.41 Å². The van der Waals surface area contributed by atoms with Crippen LogP contribution >= 0.6 is 0 Å². The average molecular weight is 131 g/mol. The molecule has 0 unspecified atom stereocenters. The molecule has 1 amide bonds. The van der Waals surface area contributed by atoms with E-state index >= 15 is 0 Å². The number of amides is 1. The summed E-state index contributed by atoms with van der Waals surface area (Å²) in [5.74, 6) is 0. The lowest BCUT2D eigenvalue weighted by atomic mass is 11.0. The lowest BCUT2D eigenvalue weighted by molar-refractivity contribution is -0.161. The number of carbonyl (C=O) groups is 1. The summed E-state index contributed by atoms with van der Waals surface area (Å²) in [5.41, 5.74) is 0. The minimum absolute atomic E-state index is 0.750. The van der Waals surface area contributed by atoms with Crippen molar-refractivity contribution in [2.24, 2.45) is 0 Å². The van der Waals surface area contributed by atoms with E-state index in [9.17, 15) is 4.79 Å². The molecule has 0 fully saturated rings. The Balaban J connectivity index is 3.82. The average Bonchev–Trinajstić information content (AvgIpc) is 1.64. The number of hydrazine groups is 2. The molecule has 0 aliphatic carbocycles. The van der Waals surface area contributed by atoms with Gasteiger partial charge in [-0.25, -0.2) is 15.1 Å². The van der Waals surface area contributed by atoms with E-state index < -0.39 is 0 Å². The third-order valence-corrected chi connectivity index (χ3v) is 0.914. The van der Waals surface area contributed by atoms with Crippen LogP contribution in [0.2, 0.25) is 0 Å². The zero-order chi connectivity index (χ0) is 7.44. The molecule has 0 saturated carbocycles. The molecular formula is C5H13N3O. The quantitative estimate of drug-likeness (QED) is 0.378. The molecule has 4 heteroatoms. The number of rotatable bonds is 3. The van der Waals surface area contributed by atoms with Gasteiger partial charge in [-0.3, -0.25) is 4.79 Å². The fraction of sp³-hybridized carbons (Fsp3) is 0.800. The van der Waals surface area contributed by atoms with Crippen LogP contribution in [0.4, 0.5) is 0 Å². The first-order valence-corrected chi connectivity index (χ1v) is 2.68. The Morgan fingerprint density at radius 3 is 1.33 bits per heavy atom. The summed E-state index contributed by atoms with van der Waals surface area (Å²) < 4.78 is 0. The second kappa shape index (κ2) is 3.42. The molecule has 54 valence electrons. The summed E-state index contributed by atoms with van der Waals surface area (Å²) in [6.07, 6.45) is 0.750. The van der Waals surface area contributed by atoms with Crippen LogP contribution in [0.25, 0.3) is 0 Å². The molecule has 0 atom stereocenters. The molecule has 0 bridgehead atoms. The van der Waals surface area contributed by atoms with Gasteiger partial charge in [0.25, 0.3) is 0 Å². The van der Waals surface area contributed by atoms with Gasteiger partial charge in [0.1, 0.15) is 0 Å². The van der Waals surface area contributed by atoms with E-state index in [1.54, 1.807) is 38.2 Å². The Morgan fingerprint density at radius 2 is 1.33 bits per heavy atom. The fourth-order valence-electron chi connectivity index (χ4n) is 0.546. The first kappa shape index (κ1) is 8.39. The van der Waals surface area contributed by atoms with Crippen LogP contribution in [0.3, 0.4) is 0 Å². The SMILES string of the molecule is CN(C)N(C=O)N(C)C. The summed E-state index contributed by atoms with van der Waals surface area (Å²) in [6, 6.07) is 0. The van der Waals surface area contributed by atoms with E-state index in [4.69, 9.17) is 0 Å². The van der Waals surface area contributed by atoms with E-state index in [1.807, 2.05) is 0 Å². The second-order valence-corrected chi connectivity index (χ2v) is 2.12. The van der Waals surface area contributed by atoms with Gasteiger partial charge in [0.05, 0.1) is 0 Å². The molecule has 0 aliphatic heterocycles. The van der Waals surface area contributed by atoms with E-state index in [1.165, 1.54) is 5.12 Å². The van der Waals surface area contributed by atoms with Crippen LogP contribution in [-0.2, 0) is 4.79 Å². The third kappa shape index (κ3) is 2.43. The number of nitrogens with zero attached hydrogens (tertiary/aromatic N) is 3. The van der Waals surface area contributed by atoms with Crippen molar-refractivity contribution in [2.45, 2.75) is 0 Å². The molecule has 0 saturated heterocycles. The number of hydrogen-bond acceptors (Lipinski definition) is 3. The predicted molar refractivity (Wildman–Crippen MR) is 35.3 cm³/mol. The van der Waals surface area contributed by atoms with Crippen LogP contribution in [0, 0.1) is 0 Å². The molecule has 0 radical (unpaired) electrons. The van der Waals surface area contributed by atoms with Crippen molar-refractivity contribution < 1.29 is 4.79 Å². The van der Waals surface area contributed by atoms with Crippen molar-refractivity contribution in [3.8, 4) is 0 Å². The zero-order valence-corrected chi connectivity index (χ0v) is 6.33. The maximum Gasteiger partial charge on any atom is 0.239 e. The molecule has 0 aromatic rings. The molecular weight excluding hydrogens is 118 g/mol. The van der Waals surface area contributed by atoms with Gasteiger partial charge in [0, 0.05) is 28.2 Å². The van der Waals surface area contributed by atoms with Crippen LogP contribution in [-0.4, -0.2) is 49.7 Å². The van der Waals surface area contributed by atoms with E-state index in [-0.39, 0.29) is 0 Å². The monoisotopic (exact) mass is 131 g/mol. The maximum absolute atomic E-state index is 10.2. The molecule has 0 spiro atoms. The molecule has 0 heterocycles. The smallest absolute Gasteiger partial charge is 0.239 e. The van der Waals surface area contributed by atoms with Crippen LogP contribution in [0.15, 0.2) is 0 Å². The highest BCUT2D eigenvalue weighted by Crippen LogP contribution is 1.87. The molecule has 0 aliphatic rings. The Morgan fingerprint density at radius 1 is 1.00 bits per heavy atom. The topological polar surface area (TPSA) is 26.8 Å². The minimum atomic E-state index is 0.750. The fourth-order valence-corrected chi connectivity index (χ4v) is 0.546. The number of carbonyl (C=O) groups excluding carboxylic acids is 1. The third-order valence-electron chi connectivity index (χ3n) is 0.914. The maximum atomic E-state index is 10.2. The van der Waals surface area contributed by atoms with Crippen molar-refractivity contribution >= 4 is 6.41 Å². The summed E-state index contributed by atoms with van der Waals surface area (Å²) in [4.78, 5) is 10.2. The van der Waals surface area contributed by atoms with Crippen molar-refractivity contribution in [1.82, 2.24) is 15.1 Å². The standard InChI is InChI=1S/C5H13N3O/c1-6(2)8(5-9)7(3)4/h5H,1-4H3.